The number of nitrogen functional groups attached to an aromatic ring is 1. The van der Waals surface area contributed by atoms with Crippen LogP contribution in [0, 0.1) is 0 Å². The maximum atomic E-state index is 5.72. The second kappa shape index (κ2) is 5.48. The summed E-state index contributed by atoms with van der Waals surface area (Å²) < 4.78 is 5.67. The second-order valence-electron chi connectivity index (χ2n) is 4.44. The van der Waals surface area contributed by atoms with Crippen LogP contribution in [0.25, 0.3) is 17.0 Å². The minimum atomic E-state index is 0.510. The van der Waals surface area contributed by atoms with E-state index >= 15 is 0 Å². The fraction of sp³-hybridized carbons (Fsp3) is 0.0625. The number of nitrogens with two attached hydrogens (primary N) is 1. The molecule has 2 aromatic carbocycles. The Morgan fingerprint density at radius 3 is 2.85 bits per heavy atom. The molecule has 0 saturated carbocycles. The number of rotatable bonds is 4. The van der Waals surface area contributed by atoms with Crippen molar-refractivity contribution in [2.75, 3.05) is 12.3 Å². The predicted octanol–water partition coefficient (Wildman–Crippen LogP) is 3.24. The standard InChI is InChI=1S/C16H15N3O/c17-16-14-9-8-13(11-15(14)18-19-16)20-10-4-7-12-5-2-1-3-6-12/h1-9,11H,10H2,(H3,17,18,19). The van der Waals surface area contributed by atoms with Gasteiger partial charge in [0.2, 0.25) is 0 Å². The number of hydrogen-bond donors (Lipinski definition) is 2. The van der Waals surface area contributed by atoms with Gasteiger partial charge < -0.3 is 10.5 Å². The summed E-state index contributed by atoms with van der Waals surface area (Å²) in [6, 6.07) is 15.8. The first-order valence-corrected chi connectivity index (χ1v) is 6.41. The molecule has 0 aliphatic carbocycles. The lowest BCUT2D eigenvalue weighted by Gasteiger charge is -2.02. The Hall–Kier alpha value is -2.75. The molecule has 0 aliphatic rings. The molecule has 0 saturated heterocycles. The van der Waals surface area contributed by atoms with Crippen molar-refractivity contribution in [3.63, 3.8) is 0 Å². The van der Waals surface area contributed by atoms with Gasteiger partial charge in [-0.25, -0.2) is 0 Å². The van der Waals surface area contributed by atoms with Crippen molar-refractivity contribution in [1.29, 1.82) is 0 Å². The molecule has 0 spiro atoms. The summed E-state index contributed by atoms with van der Waals surface area (Å²) in [4.78, 5) is 0. The maximum absolute atomic E-state index is 5.72. The minimum absolute atomic E-state index is 0.510. The summed E-state index contributed by atoms with van der Waals surface area (Å²) in [5.41, 5.74) is 7.76. The number of nitrogens with zero attached hydrogens (tertiary/aromatic N) is 1. The van der Waals surface area contributed by atoms with E-state index in [1.807, 2.05) is 48.6 Å². The molecule has 0 unspecified atom stereocenters. The molecule has 3 aromatic rings. The number of fused-ring (bicyclic) bond motifs is 1. The Kier molecular flexibility index (Phi) is 3.37. The largest absolute Gasteiger partial charge is 0.489 e. The average Bonchev–Trinajstić information content (AvgIpc) is 2.86. The van der Waals surface area contributed by atoms with Crippen molar-refractivity contribution in [2.45, 2.75) is 0 Å². The van der Waals surface area contributed by atoms with Crippen molar-refractivity contribution >= 4 is 22.8 Å². The third-order valence-electron chi connectivity index (χ3n) is 3.02. The van der Waals surface area contributed by atoms with Gasteiger partial charge in [0.25, 0.3) is 0 Å². The summed E-state index contributed by atoms with van der Waals surface area (Å²) in [5.74, 6) is 1.30. The van der Waals surface area contributed by atoms with Crippen LogP contribution < -0.4 is 10.5 Å². The van der Waals surface area contributed by atoms with E-state index in [2.05, 4.69) is 22.3 Å². The molecule has 0 radical (unpaired) electrons. The number of anilines is 1. The highest BCUT2D eigenvalue weighted by Crippen LogP contribution is 2.22. The number of ether oxygens (including phenoxy) is 1. The molecule has 4 nitrogen and oxygen atoms in total. The normalized spacial score (nSPS) is 11.2. The van der Waals surface area contributed by atoms with E-state index in [9.17, 15) is 0 Å². The van der Waals surface area contributed by atoms with Gasteiger partial charge >= 0.3 is 0 Å². The molecule has 100 valence electrons. The first kappa shape index (κ1) is 12.3. The zero-order valence-electron chi connectivity index (χ0n) is 10.9. The molecule has 3 rings (SSSR count). The number of H-pyrrole nitrogens is 1. The Balaban J connectivity index is 1.64. The smallest absolute Gasteiger partial charge is 0.153 e. The highest BCUT2D eigenvalue weighted by molar-refractivity contribution is 5.89. The van der Waals surface area contributed by atoms with Gasteiger partial charge in [-0.05, 0) is 23.8 Å². The number of nitrogens with one attached hydrogen (secondary N) is 1. The van der Waals surface area contributed by atoms with E-state index in [4.69, 9.17) is 10.5 Å². The van der Waals surface area contributed by atoms with E-state index in [1.165, 1.54) is 0 Å². The van der Waals surface area contributed by atoms with Gasteiger partial charge in [0.05, 0.1) is 5.52 Å². The highest BCUT2D eigenvalue weighted by atomic mass is 16.5. The topological polar surface area (TPSA) is 63.9 Å². The first-order valence-electron chi connectivity index (χ1n) is 6.41. The third kappa shape index (κ3) is 2.64. The fourth-order valence-electron chi connectivity index (χ4n) is 2.00. The molecule has 0 amide bonds. The maximum Gasteiger partial charge on any atom is 0.153 e. The number of aromatic amines is 1. The van der Waals surface area contributed by atoms with Crippen molar-refractivity contribution < 1.29 is 4.74 Å². The summed E-state index contributed by atoms with van der Waals surface area (Å²) in [6.45, 7) is 0.518. The second-order valence-corrected chi connectivity index (χ2v) is 4.44. The van der Waals surface area contributed by atoms with Crippen molar-refractivity contribution in [3.05, 3.63) is 60.2 Å². The van der Waals surface area contributed by atoms with Crippen LogP contribution in [0.2, 0.25) is 0 Å². The molecule has 1 aromatic heterocycles. The fourth-order valence-corrected chi connectivity index (χ4v) is 2.00. The van der Waals surface area contributed by atoms with Gasteiger partial charge in [-0.1, -0.05) is 36.4 Å². The van der Waals surface area contributed by atoms with Gasteiger partial charge in [-0.15, -0.1) is 0 Å². The molecule has 4 heteroatoms. The molecule has 1 heterocycles. The van der Waals surface area contributed by atoms with Crippen molar-refractivity contribution in [2.24, 2.45) is 0 Å². The van der Waals surface area contributed by atoms with Crippen LogP contribution in [-0.2, 0) is 0 Å². The Morgan fingerprint density at radius 2 is 2.00 bits per heavy atom. The first-order chi connectivity index (χ1) is 9.83. The van der Waals surface area contributed by atoms with E-state index in [1.54, 1.807) is 0 Å². The predicted molar refractivity (Wildman–Crippen MR) is 81.5 cm³/mol. The molecule has 0 bridgehead atoms. The van der Waals surface area contributed by atoms with E-state index in [0.29, 0.717) is 12.4 Å². The molecular formula is C16H15N3O. The number of aromatic nitrogens is 2. The summed E-state index contributed by atoms with van der Waals surface area (Å²) in [5, 5.41) is 7.74. The van der Waals surface area contributed by atoms with Gasteiger partial charge in [-0.3, -0.25) is 5.10 Å². The van der Waals surface area contributed by atoms with Crippen LogP contribution in [-0.4, -0.2) is 16.8 Å². The molecule has 3 N–H and O–H groups in total. The van der Waals surface area contributed by atoms with Crippen LogP contribution in [0.3, 0.4) is 0 Å². The van der Waals surface area contributed by atoms with E-state index in [-0.39, 0.29) is 0 Å². The van der Waals surface area contributed by atoms with Crippen molar-refractivity contribution in [1.82, 2.24) is 10.2 Å². The van der Waals surface area contributed by atoms with Gasteiger partial charge in [0, 0.05) is 11.5 Å². The minimum Gasteiger partial charge on any atom is -0.489 e. The molecule has 0 fully saturated rings. The zero-order valence-corrected chi connectivity index (χ0v) is 10.9. The van der Waals surface area contributed by atoms with E-state index < -0.39 is 0 Å². The zero-order chi connectivity index (χ0) is 13.8. The Labute approximate surface area is 116 Å². The lowest BCUT2D eigenvalue weighted by molar-refractivity contribution is 0.364. The van der Waals surface area contributed by atoms with Crippen LogP contribution in [0.5, 0.6) is 5.75 Å². The van der Waals surface area contributed by atoms with Gasteiger partial charge in [0.15, 0.2) is 5.82 Å². The summed E-state index contributed by atoms with van der Waals surface area (Å²) >= 11 is 0. The van der Waals surface area contributed by atoms with Crippen LogP contribution in [0.15, 0.2) is 54.6 Å². The molecule has 0 aliphatic heterocycles. The SMILES string of the molecule is Nc1n[nH]c2cc(OCC=Cc3ccccc3)ccc12. The Bertz CT molecular complexity index is 732. The number of hydrogen-bond acceptors (Lipinski definition) is 3. The lowest BCUT2D eigenvalue weighted by Crippen LogP contribution is -1.93. The monoisotopic (exact) mass is 265 g/mol. The average molecular weight is 265 g/mol. The third-order valence-corrected chi connectivity index (χ3v) is 3.02. The molecule has 0 atom stereocenters. The highest BCUT2D eigenvalue weighted by Gasteiger charge is 2.02. The quantitative estimate of drug-likeness (QED) is 0.761. The molecular weight excluding hydrogens is 250 g/mol. The van der Waals surface area contributed by atoms with Crippen LogP contribution >= 0.6 is 0 Å². The van der Waals surface area contributed by atoms with Gasteiger partial charge in [-0.2, -0.15) is 5.10 Å². The van der Waals surface area contributed by atoms with Crippen LogP contribution in [0.1, 0.15) is 5.56 Å². The Morgan fingerprint density at radius 1 is 1.15 bits per heavy atom. The lowest BCUT2D eigenvalue weighted by atomic mass is 10.2. The summed E-state index contributed by atoms with van der Waals surface area (Å²) in [6.07, 6.45) is 4.02. The van der Waals surface area contributed by atoms with Crippen molar-refractivity contribution in [3.8, 4) is 5.75 Å². The number of benzene rings is 2. The molecule has 20 heavy (non-hydrogen) atoms. The van der Waals surface area contributed by atoms with E-state index in [0.717, 1.165) is 22.2 Å². The van der Waals surface area contributed by atoms with Crippen LogP contribution in [0.4, 0.5) is 5.82 Å². The van der Waals surface area contributed by atoms with Gasteiger partial charge in [0.1, 0.15) is 12.4 Å². The summed E-state index contributed by atoms with van der Waals surface area (Å²) in [7, 11) is 0.